The fourth-order valence-corrected chi connectivity index (χ4v) is 9.95. The molecule has 2 aromatic carbocycles. The van der Waals surface area contributed by atoms with Crippen molar-refractivity contribution in [1.82, 2.24) is 20.3 Å². The van der Waals surface area contributed by atoms with Crippen molar-refractivity contribution in [3.05, 3.63) is 66.0 Å². The Morgan fingerprint density at radius 3 is 2.75 bits per heavy atom. The van der Waals surface area contributed by atoms with E-state index in [9.17, 15) is 14.7 Å². The van der Waals surface area contributed by atoms with E-state index in [-0.39, 0.29) is 24.3 Å². The van der Waals surface area contributed by atoms with Crippen LogP contribution >= 0.6 is 0 Å². The number of piperidine rings is 1. The second-order valence-electron chi connectivity index (χ2n) is 12.7. The Kier molecular flexibility index (Phi) is 8.44. The molecule has 2 saturated heterocycles. The van der Waals surface area contributed by atoms with E-state index in [0.29, 0.717) is 54.3 Å². The number of aryl methyl sites for hydroxylation is 1. The van der Waals surface area contributed by atoms with Gasteiger partial charge in [-0.25, -0.2) is 0 Å². The van der Waals surface area contributed by atoms with Crippen LogP contribution in [0.25, 0.3) is 0 Å². The van der Waals surface area contributed by atoms with Gasteiger partial charge in [-0.1, -0.05) is 30.3 Å². The summed E-state index contributed by atoms with van der Waals surface area (Å²) in [5, 5.41) is 23.9. The number of para-hydroxylation sites is 1. The molecule has 44 heavy (non-hydrogen) atoms. The van der Waals surface area contributed by atoms with Crippen LogP contribution in [-0.4, -0.2) is 66.1 Å². The molecule has 3 aliphatic rings. The Balaban J connectivity index is 1.38. The molecule has 12 heteroatoms. The number of hydrogen-bond donors (Lipinski definition) is 3. The SMILES string of the molecule is C[C@H]1[C@H]([Si](C)(C)F)[C@@H](CCn2cc(CCO)nn2)O[C@]12C(=O)N(c1ccccc1)c1ccc(NC(=O)C3CCCNC3)cc12. The zero-order chi connectivity index (χ0) is 31.1. The highest BCUT2D eigenvalue weighted by molar-refractivity contribution is 6.72. The molecule has 10 nitrogen and oxygen atoms in total. The van der Waals surface area contributed by atoms with Gasteiger partial charge in [-0.2, -0.15) is 0 Å². The fraction of sp³-hybridized carbons (Fsp3) is 0.500. The summed E-state index contributed by atoms with van der Waals surface area (Å²) in [6.07, 6.45) is 3.85. The van der Waals surface area contributed by atoms with Crippen LogP contribution in [0.5, 0.6) is 0 Å². The van der Waals surface area contributed by atoms with Crippen LogP contribution in [0.2, 0.25) is 18.6 Å². The molecule has 0 aliphatic carbocycles. The van der Waals surface area contributed by atoms with E-state index in [0.717, 1.165) is 19.4 Å². The zero-order valence-electron chi connectivity index (χ0n) is 25.5. The number of nitrogens with zero attached hydrogens (tertiary/aromatic N) is 4. The second kappa shape index (κ2) is 12.1. The van der Waals surface area contributed by atoms with Gasteiger partial charge in [-0.05, 0) is 69.2 Å². The van der Waals surface area contributed by atoms with Gasteiger partial charge in [0.25, 0.3) is 5.91 Å². The summed E-state index contributed by atoms with van der Waals surface area (Å²) in [5.74, 6) is -0.898. The van der Waals surface area contributed by atoms with Crippen molar-refractivity contribution in [1.29, 1.82) is 0 Å². The number of hydrogen-bond acceptors (Lipinski definition) is 7. The standard InChI is InChI=1S/C32H41FN6O4Si/c1-21-29(44(2,3)33)28(13-16-38-20-24(14-17-40)36-37-38)43-32(21)26-18-23(35-30(41)22-8-7-15-34-19-22)11-12-27(26)39(31(32)42)25-9-5-4-6-10-25/h4-6,9-12,18,20-22,28-29,34,40H,7-8,13-17,19H2,1-3H3,(H,35,41)/t21-,22?,28+,29-,32+/m0/s1. The minimum Gasteiger partial charge on any atom is -0.396 e. The van der Waals surface area contributed by atoms with Gasteiger partial charge >= 0.3 is 0 Å². The molecule has 2 amide bonds. The highest BCUT2D eigenvalue weighted by Crippen LogP contribution is 2.61. The van der Waals surface area contributed by atoms with Crippen molar-refractivity contribution in [2.45, 2.75) is 69.5 Å². The van der Waals surface area contributed by atoms with Gasteiger partial charge in [-0.3, -0.25) is 19.2 Å². The average molecular weight is 621 g/mol. The summed E-state index contributed by atoms with van der Waals surface area (Å²) >= 11 is 0. The van der Waals surface area contributed by atoms with Crippen molar-refractivity contribution in [3.8, 4) is 0 Å². The third kappa shape index (κ3) is 5.48. The van der Waals surface area contributed by atoms with E-state index in [4.69, 9.17) is 4.74 Å². The fourth-order valence-electron chi connectivity index (χ4n) is 7.41. The lowest BCUT2D eigenvalue weighted by atomic mass is 9.82. The molecular weight excluding hydrogens is 579 g/mol. The smallest absolute Gasteiger partial charge is 0.268 e. The number of carbonyl (C=O) groups is 2. The number of rotatable bonds is 9. The summed E-state index contributed by atoms with van der Waals surface area (Å²) < 4.78 is 24.8. The number of nitrogens with one attached hydrogen (secondary N) is 2. The number of ether oxygens (including phenoxy) is 1. The normalized spacial score (nSPS) is 26.8. The third-order valence-electron chi connectivity index (χ3n) is 9.42. The van der Waals surface area contributed by atoms with E-state index in [2.05, 4.69) is 20.9 Å². The first-order valence-corrected chi connectivity index (χ1v) is 18.5. The molecule has 5 atom stereocenters. The molecule has 234 valence electrons. The highest BCUT2D eigenvalue weighted by Gasteiger charge is 2.67. The van der Waals surface area contributed by atoms with Crippen molar-refractivity contribution in [2.24, 2.45) is 11.8 Å². The quantitative estimate of drug-likeness (QED) is 0.241. The molecule has 1 aromatic heterocycles. The zero-order valence-corrected chi connectivity index (χ0v) is 26.5. The highest BCUT2D eigenvalue weighted by atomic mass is 28.4. The molecule has 1 spiro atoms. The second-order valence-corrected chi connectivity index (χ2v) is 16.5. The van der Waals surface area contributed by atoms with Gasteiger partial charge in [0.1, 0.15) is 0 Å². The van der Waals surface area contributed by atoms with Crippen LogP contribution in [0.4, 0.5) is 21.2 Å². The molecule has 0 bridgehead atoms. The Bertz CT molecular complexity index is 1510. The monoisotopic (exact) mass is 620 g/mol. The number of anilines is 3. The lowest BCUT2D eigenvalue weighted by Crippen LogP contribution is -2.44. The van der Waals surface area contributed by atoms with Crippen LogP contribution in [0, 0.1) is 11.8 Å². The topological polar surface area (TPSA) is 122 Å². The Labute approximate surface area is 258 Å². The first kappa shape index (κ1) is 30.6. The first-order valence-electron chi connectivity index (χ1n) is 15.6. The van der Waals surface area contributed by atoms with E-state index < -0.39 is 31.6 Å². The number of aromatic nitrogens is 3. The third-order valence-corrected chi connectivity index (χ3v) is 11.9. The minimum absolute atomic E-state index is 0.0202. The summed E-state index contributed by atoms with van der Waals surface area (Å²) in [4.78, 5) is 29.5. The lowest BCUT2D eigenvalue weighted by molar-refractivity contribution is -0.145. The summed E-state index contributed by atoms with van der Waals surface area (Å²) in [5.41, 5.74) is 1.40. The number of aliphatic hydroxyl groups is 1. The molecule has 0 radical (unpaired) electrons. The van der Waals surface area contributed by atoms with E-state index in [1.165, 1.54) is 0 Å². The van der Waals surface area contributed by atoms with Gasteiger partial charge in [-0.15, -0.1) is 5.10 Å². The Hall–Kier alpha value is -3.45. The molecule has 3 N–H and O–H groups in total. The van der Waals surface area contributed by atoms with Crippen LogP contribution in [0.3, 0.4) is 0 Å². The summed E-state index contributed by atoms with van der Waals surface area (Å²) in [6.45, 7) is 7.26. The number of aliphatic hydroxyl groups excluding tert-OH is 1. The van der Waals surface area contributed by atoms with Crippen LogP contribution in [0.15, 0.2) is 54.7 Å². The van der Waals surface area contributed by atoms with Crippen molar-refractivity contribution >= 4 is 37.3 Å². The maximum Gasteiger partial charge on any atom is 0.268 e. The van der Waals surface area contributed by atoms with Crippen molar-refractivity contribution < 1.29 is 23.5 Å². The predicted octanol–water partition coefficient (Wildman–Crippen LogP) is 4.29. The molecular formula is C32H41FN6O4Si. The number of carbonyl (C=O) groups excluding carboxylic acids is 2. The summed E-state index contributed by atoms with van der Waals surface area (Å²) in [7, 11) is -3.35. The first-order chi connectivity index (χ1) is 21.1. The molecule has 3 aliphatic heterocycles. The van der Waals surface area contributed by atoms with E-state index in [1.807, 2.05) is 55.5 Å². The number of benzene rings is 2. The minimum atomic E-state index is -3.35. The van der Waals surface area contributed by atoms with Gasteiger partial charge < -0.3 is 24.6 Å². The number of fused-ring (bicyclic) bond motifs is 2. The van der Waals surface area contributed by atoms with Gasteiger partial charge in [0.05, 0.1) is 23.4 Å². The molecule has 2 fully saturated rings. The van der Waals surface area contributed by atoms with Crippen molar-refractivity contribution in [3.63, 3.8) is 0 Å². The molecule has 6 rings (SSSR count). The Morgan fingerprint density at radius 2 is 2.05 bits per heavy atom. The molecule has 0 saturated carbocycles. The van der Waals surface area contributed by atoms with E-state index >= 15 is 4.11 Å². The van der Waals surface area contributed by atoms with Crippen LogP contribution in [0.1, 0.15) is 37.4 Å². The molecule has 4 heterocycles. The van der Waals surface area contributed by atoms with Gasteiger partial charge in [0, 0.05) is 60.7 Å². The lowest BCUT2D eigenvalue weighted by Gasteiger charge is -2.31. The summed E-state index contributed by atoms with van der Waals surface area (Å²) in [6, 6.07) is 15.0. The Morgan fingerprint density at radius 1 is 1.25 bits per heavy atom. The molecule has 1 unspecified atom stereocenters. The van der Waals surface area contributed by atoms with Crippen molar-refractivity contribution in [2.75, 3.05) is 29.9 Å². The number of halogens is 1. The van der Waals surface area contributed by atoms with Crippen LogP contribution < -0.4 is 15.5 Å². The maximum atomic E-state index is 16.3. The molecule has 3 aromatic rings. The van der Waals surface area contributed by atoms with E-state index in [1.54, 1.807) is 28.9 Å². The maximum absolute atomic E-state index is 16.3. The average Bonchev–Trinajstić information content (AvgIpc) is 3.66. The van der Waals surface area contributed by atoms with Gasteiger partial charge in [0.15, 0.2) is 5.60 Å². The predicted molar refractivity (Wildman–Crippen MR) is 168 cm³/mol. The van der Waals surface area contributed by atoms with Gasteiger partial charge in [0.2, 0.25) is 14.3 Å². The number of amides is 2. The largest absolute Gasteiger partial charge is 0.396 e. The van der Waals surface area contributed by atoms with Crippen LogP contribution in [-0.2, 0) is 32.9 Å².